The first-order valence-corrected chi connectivity index (χ1v) is 15.9. The van der Waals surface area contributed by atoms with Crippen molar-refractivity contribution in [3.8, 4) is 0 Å². The third-order valence-electron chi connectivity index (χ3n) is 6.60. The van der Waals surface area contributed by atoms with Crippen LogP contribution in [-0.4, -0.2) is 53.6 Å². The Labute approximate surface area is 289 Å². The van der Waals surface area contributed by atoms with E-state index in [1.807, 2.05) is 47.4 Å². The normalized spacial score (nSPS) is 11.1. The number of likely N-dealkylation sites (N-methyl/N-ethyl adjacent to an activating group) is 2. The molecule has 2 aromatic carbocycles. The van der Waals surface area contributed by atoms with E-state index in [1.165, 1.54) is 0 Å². The van der Waals surface area contributed by atoms with E-state index in [-0.39, 0.29) is 34.0 Å². The van der Waals surface area contributed by atoms with Gasteiger partial charge in [0, 0.05) is 49.3 Å². The number of ether oxygens (including phenoxy) is 2. The van der Waals surface area contributed by atoms with Crippen LogP contribution in [0.1, 0.15) is 13.8 Å². The van der Waals surface area contributed by atoms with Crippen molar-refractivity contribution in [2.75, 3.05) is 63.4 Å². The minimum Gasteiger partial charge on any atom is -1.00 e. The van der Waals surface area contributed by atoms with Crippen LogP contribution in [0.15, 0.2) is 92.1 Å². The molecule has 4 aromatic rings. The van der Waals surface area contributed by atoms with Gasteiger partial charge in [-0.1, -0.05) is 0 Å². The molecule has 0 unspecified atom stereocenters. The Kier molecular flexibility index (Phi) is 17.4. The fourth-order valence-corrected chi connectivity index (χ4v) is 5.45. The molecule has 0 aliphatic rings. The van der Waals surface area contributed by atoms with Gasteiger partial charge in [0.25, 0.3) is 0 Å². The van der Waals surface area contributed by atoms with Gasteiger partial charge in [-0.25, -0.2) is 9.13 Å². The number of thiazole rings is 2. The van der Waals surface area contributed by atoms with Crippen molar-refractivity contribution in [2.24, 2.45) is 20.5 Å². The van der Waals surface area contributed by atoms with Crippen LogP contribution in [0.2, 0.25) is 0 Å². The molecule has 0 bridgehead atoms. The molecule has 2 heterocycles. The van der Waals surface area contributed by atoms with Crippen LogP contribution in [0, 0.1) is 0 Å². The molecule has 10 nitrogen and oxygen atoms in total. The van der Waals surface area contributed by atoms with Crippen molar-refractivity contribution < 1.29 is 52.6 Å². The van der Waals surface area contributed by atoms with Gasteiger partial charge in [0.2, 0.25) is 0 Å². The van der Waals surface area contributed by atoms with Crippen molar-refractivity contribution >= 4 is 55.7 Å². The van der Waals surface area contributed by atoms with Crippen molar-refractivity contribution in [3.63, 3.8) is 0 Å². The summed E-state index contributed by atoms with van der Waals surface area (Å²) in [6.45, 7) is 9.93. The molecule has 0 saturated heterocycles. The first-order valence-electron chi connectivity index (χ1n) is 14.1. The molecule has 0 spiro atoms. The van der Waals surface area contributed by atoms with Crippen molar-refractivity contribution in [1.82, 2.24) is 0 Å². The molecular weight excluding hydrogens is 728 g/mol. The zero-order valence-electron chi connectivity index (χ0n) is 25.6. The minimum atomic E-state index is 0. The molecule has 0 N–H and O–H groups in total. The fourth-order valence-electron chi connectivity index (χ4n) is 3.97. The summed E-state index contributed by atoms with van der Waals surface area (Å²) in [5, 5.41) is 23.3. The van der Waals surface area contributed by atoms with Gasteiger partial charge in [-0.2, -0.15) is 0 Å². The zero-order valence-corrected chi connectivity index (χ0v) is 30.4. The van der Waals surface area contributed by atoms with Gasteiger partial charge < -0.3 is 53.2 Å². The maximum atomic E-state index is 5.79. The molecule has 44 heavy (non-hydrogen) atoms. The first-order chi connectivity index (χ1) is 20.6. The first kappa shape index (κ1) is 37.6. The Bertz CT molecular complexity index is 1310. The summed E-state index contributed by atoms with van der Waals surface area (Å²) in [5.74, 6) is 0. The molecule has 2 aromatic heterocycles. The van der Waals surface area contributed by atoms with Crippen LogP contribution in [0.4, 0.5) is 33.0 Å². The number of azo groups is 2. The molecule has 0 aliphatic carbocycles. The number of anilines is 2. The summed E-state index contributed by atoms with van der Waals surface area (Å²) in [4.78, 5) is 4.33. The molecular formula is C30H40Br2N8O2S2. The molecule has 0 atom stereocenters. The number of nitrogens with zero attached hydrogens (tertiary/aromatic N) is 8. The third kappa shape index (κ3) is 11.7. The predicted molar refractivity (Wildman–Crippen MR) is 170 cm³/mol. The second kappa shape index (κ2) is 20.4. The maximum Gasteiger partial charge on any atom is 0.408 e. The number of rotatable bonds is 17. The summed E-state index contributed by atoms with van der Waals surface area (Å²) in [6.07, 6.45) is 4.04. The van der Waals surface area contributed by atoms with Gasteiger partial charge in [0.05, 0.1) is 49.7 Å². The van der Waals surface area contributed by atoms with Crippen LogP contribution in [0.3, 0.4) is 0 Å². The van der Waals surface area contributed by atoms with E-state index in [0.717, 1.165) is 59.2 Å². The fraction of sp³-hybridized carbons (Fsp3) is 0.400. The molecule has 238 valence electrons. The smallest absolute Gasteiger partial charge is 0.408 e. The van der Waals surface area contributed by atoms with Gasteiger partial charge in [-0.3, -0.25) is 0 Å². The lowest BCUT2D eigenvalue weighted by Gasteiger charge is -2.20. The second-order valence-corrected chi connectivity index (χ2v) is 11.2. The van der Waals surface area contributed by atoms with E-state index in [1.54, 1.807) is 22.7 Å². The average molecular weight is 769 g/mol. The van der Waals surface area contributed by atoms with E-state index in [9.17, 15) is 0 Å². The van der Waals surface area contributed by atoms with Gasteiger partial charge >= 0.3 is 10.3 Å². The van der Waals surface area contributed by atoms with E-state index < -0.39 is 0 Å². The van der Waals surface area contributed by atoms with Crippen molar-refractivity contribution in [3.05, 3.63) is 71.7 Å². The third-order valence-corrected chi connectivity index (χ3v) is 8.17. The van der Waals surface area contributed by atoms with Crippen LogP contribution in [0.5, 0.6) is 0 Å². The molecule has 0 amide bonds. The molecule has 0 saturated carbocycles. The van der Waals surface area contributed by atoms with Gasteiger partial charge in [0.1, 0.15) is 23.8 Å². The number of hydrogen-bond donors (Lipinski definition) is 0. The lowest BCUT2D eigenvalue weighted by atomic mass is 10.2. The highest BCUT2D eigenvalue weighted by Crippen LogP contribution is 2.23. The number of hydrogen-bond acceptors (Lipinski definition) is 10. The Hall–Kier alpha value is -2.62. The Balaban J connectivity index is 0.00000337. The highest BCUT2D eigenvalue weighted by molar-refractivity contribution is 7.13. The lowest BCUT2D eigenvalue weighted by Crippen LogP contribution is -3.00. The van der Waals surface area contributed by atoms with Crippen LogP contribution in [0.25, 0.3) is 0 Å². The van der Waals surface area contributed by atoms with Gasteiger partial charge in [0.15, 0.2) is 0 Å². The van der Waals surface area contributed by atoms with E-state index in [0.29, 0.717) is 26.4 Å². The average Bonchev–Trinajstić information content (AvgIpc) is 3.69. The van der Waals surface area contributed by atoms with Crippen LogP contribution < -0.4 is 52.9 Å². The second-order valence-electron chi connectivity index (χ2n) is 9.44. The van der Waals surface area contributed by atoms with Crippen LogP contribution >= 0.6 is 22.7 Å². The summed E-state index contributed by atoms with van der Waals surface area (Å²) in [5.41, 5.74) is 3.89. The zero-order chi connectivity index (χ0) is 29.6. The minimum absolute atomic E-state index is 0. The van der Waals surface area contributed by atoms with E-state index >= 15 is 0 Å². The van der Waals surface area contributed by atoms with Crippen molar-refractivity contribution in [1.29, 1.82) is 0 Å². The molecule has 0 aliphatic heterocycles. The topological polar surface area (TPSA) is 82.1 Å². The summed E-state index contributed by atoms with van der Waals surface area (Å²) in [7, 11) is 4.12. The summed E-state index contributed by atoms with van der Waals surface area (Å²) < 4.78 is 15.7. The largest absolute Gasteiger partial charge is 1.00 e. The highest BCUT2D eigenvalue weighted by atomic mass is 79.9. The van der Waals surface area contributed by atoms with Gasteiger partial charge in [-0.05, 0) is 95.3 Å². The lowest BCUT2D eigenvalue weighted by molar-refractivity contribution is -0.677. The number of aryl methyl sites for hydroxylation is 2. The van der Waals surface area contributed by atoms with Gasteiger partial charge in [-0.15, -0.1) is 0 Å². The number of aromatic nitrogens is 2. The maximum absolute atomic E-state index is 5.79. The van der Waals surface area contributed by atoms with Crippen molar-refractivity contribution in [2.45, 2.75) is 26.9 Å². The molecule has 0 radical (unpaired) electrons. The predicted octanol–water partition coefficient (Wildman–Crippen LogP) is 0.869. The Morgan fingerprint density at radius 2 is 0.977 bits per heavy atom. The Morgan fingerprint density at radius 3 is 1.34 bits per heavy atom. The standard InChI is InChI=1S/C30H40N8O2S2.2BrH/c1-5-37-17-23-41-29(37)33-31-25-7-11-27(12-8-25)35(3)15-19-39-21-22-40-20-16-36(4)28-13-9-26(10-14-28)32-34-30-38(6-2)18-24-42-30;;/h7-14,17-18,23-24H,5-6,15-16,19-22H2,1-4H3;2*1H/q+2;;/p-2. The monoisotopic (exact) mass is 766 g/mol. The quantitative estimate of drug-likeness (QED) is 0.0909. The SMILES string of the molecule is CC[n+]1ccsc1N=Nc1ccc(N(C)CCOCCOCCN(C)c2ccc(N=Nc3scc[n+]3CC)cc2)cc1.[Br-].[Br-]. The number of benzene rings is 2. The van der Waals surface area contributed by atoms with E-state index in [2.05, 4.69) is 91.6 Å². The summed E-state index contributed by atoms with van der Waals surface area (Å²) in [6, 6.07) is 16.2. The highest BCUT2D eigenvalue weighted by Gasteiger charge is 2.11. The molecule has 0 fully saturated rings. The Morgan fingerprint density at radius 1 is 0.591 bits per heavy atom. The molecule has 4 rings (SSSR count). The number of halogens is 2. The summed E-state index contributed by atoms with van der Waals surface area (Å²) >= 11 is 3.17. The molecule has 14 heteroatoms. The van der Waals surface area contributed by atoms with E-state index in [4.69, 9.17) is 9.47 Å². The van der Waals surface area contributed by atoms with Crippen LogP contribution in [-0.2, 0) is 22.6 Å².